The third-order valence-electron chi connectivity index (χ3n) is 3.61. The van der Waals surface area contributed by atoms with Crippen molar-refractivity contribution in [1.82, 2.24) is 0 Å². The van der Waals surface area contributed by atoms with Gasteiger partial charge in [0.2, 0.25) is 0 Å². The number of hydrogen-bond acceptors (Lipinski definition) is 5. The number of likely N-dealkylation sites (N-methyl/N-ethyl adjacent to an activating group) is 1. The predicted octanol–water partition coefficient (Wildman–Crippen LogP) is -1.73. The molecule has 0 amide bonds. The summed E-state index contributed by atoms with van der Waals surface area (Å²) in [6.07, 6.45) is -0.246. The number of quaternary nitrogens is 1. The first kappa shape index (κ1) is 16.7. The van der Waals surface area contributed by atoms with E-state index >= 15 is 0 Å². The molecule has 112 valence electrons. The van der Waals surface area contributed by atoms with Gasteiger partial charge < -0.3 is 9.04 Å². The maximum Gasteiger partial charge on any atom is 0.265 e. The van der Waals surface area contributed by atoms with E-state index in [2.05, 4.69) is 0 Å². The number of aldehydes is 1. The van der Waals surface area contributed by atoms with E-state index in [1.54, 1.807) is 7.05 Å². The second-order valence-electron chi connectivity index (χ2n) is 5.23. The van der Waals surface area contributed by atoms with Gasteiger partial charge in [0.15, 0.2) is 23.5 Å². The summed E-state index contributed by atoms with van der Waals surface area (Å²) in [5.41, 5.74) is 5.69. The molecule has 0 saturated carbocycles. The standard InChI is InChI=1S/C9H18N2O6S2/c1-11(9(10)4-12)2-7(5-18(13)14)8(3-11)6-19(15,16)17/h4,7-9H,2-3,5-6,10H2,1H3,(H-,13,14,15,16,17)/p+1. The van der Waals surface area contributed by atoms with Crippen molar-refractivity contribution in [2.45, 2.75) is 6.17 Å². The molecule has 0 aromatic heterocycles. The van der Waals surface area contributed by atoms with Gasteiger partial charge in [0, 0.05) is 11.8 Å². The van der Waals surface area contributed by atoms with Crippen LogP contribution in [0.25, 0.3) is 0 Å². The highest BCUT2D eigenvalue weighted by molar-refractivity contribution is 7.85. The number of carbonyl (C=O) groups excluding carboxylic acids is 1. The Balaban J connectivity index is 2.93. The molecule has 1 fully saturated rings. The SMILES string of the molecule is C[N+]1(C(N)C=O)CC(CS(=O)O)C(CS(=O)(=O)O)C1. The summed E-state index contributed by atoms with van der Waals surface area (Å²) >= 11 is -2.07. The lowest BCUT2D eigenvalue weighted by atomic mass is 10.0. The molecule has 1 aliphatic rings. The van der Waals surface area contributed by atoms with Gasteiger partial charge >= 0.3 is 0 Å². The fourth-order valence-corrected chi connectivity index (χ4v) is 4.33. The molecule has 0 spiro atoms. The predicted molar refractivity (Wildman–Crippen MR) is 69.0 cm³/mol. The molecular weight excluding hydrogens is 296 g/mol. The fourth-order valence-electron chi connectivity index (χ4n) is 2.67. The summed E-state index contributed by atoms with van der Waals surface area (Å²) in [6, 6.07) is 0. The monoisotopic (exact) mass is 315 g/mol. The van der Waals surface area contributed by atoms with Gasteiger partial charge in [0.25, 0.3) is 10.1 Å². The Morgan fingerprint density at radius 3 is 2.42 bits per heavy atom. The molecule has 5 unspecified atom stereocenters. The van der Waals surface area contributed by atoms with E-state index in [4.69, 9.17) is 14.8 Å². The molecule has 1 heterocycles. The van der Waals surface area contributed by atoms with Crippen molar-refractivity contribution in [3.8, 4) is 0 Å². The number of nitrogens with two attached hydrogens (primary N) is 1. The Labute approximate surface area is 114 Å². The van der Waals surface area contributed by atoms with Crippen LogP contribution in [-0.2, 0) is 26.0 Å². The average Bonchev–Trinajstić information content (AvgIpc) is 2.52. The molecule has 4 N–H and O–H groups in total. The largest absolute Gasteiger partial charge is 0.306 e. The molecule has 8 nitrogen and oxygen atoms in total. The average molecular weight is 315 g/mol. The summed E-state index contributed by atoms with van der Waals surface area (Å²) in [5.74, 6) is -1.47. The molecule has 1 rings (SSSR count). The lowest BCUT2D eigenvalue weighted by Crippen LogP contribution is -2.56. The van der Waals surface area contributed by atoms with Crippen LogP contribution in [0.1, 0.15) is 0 Å². The second-order valence-corrected chi connectivity index (χ2v) is 7.70. The maximum atomic E-state index is 11.0. The van der Waals surface area contributed by atoms with Crippen molar-refractivity contribution in [2.75, 3.05) is 31.6 Å². The summed E-state index contributed by atoms with van der Waals surface area (Å²) in [7, 11) is -2.49. The molecule has 5 atom stereocenters. The molecule has 1 aliphatic heterocycles. The Morgan fingerprint density at radius 1 is 1.47 bits per heavy atom. The number of nitrogens with zero attached hydrogens (tertiary/aromatic N) is 1. The minimum atomic E-state index is -4.18. The molecular formula is C9H19N2O6S2+. The van der Waals surface area contributed by atoms with E-state index in [0.717, 1.165) is 0 Å². The van der Waals surface area contributed by atoms with Crippen LogP contribution in [0.3, 0.4) is 0 Å². The summed E-state index contributed by atoms with van der Waals surface area (Å²) in [4.78, 5) is 10.8. The summed E-state index contributed by atoms with van der Waals surface area (Å²) in [5, 5.41) is 0. The zero-order valence-electron chi connectivity index (χ0n) is 10.5. The maximum absolute atomic E-state index is 11.0. The summed E-state index contributed by atoms with van der Waals surface area (Å²) in [6.45, 7) is 0.591. The highest BCUT2D eigenvalue weighted by atomic mass is 32.2. The van der Waals surface area contributed by atoms with Crippen LogP contribution in [0.4, 0.5) is 0 Å². The zero-order chi connectivity index (χ0) is 14.8. The molecule has 1 saturated heterocycles. The minimum Gasteiger partial charge on any atom is -0.306 e. The van der Waals surface area contributed by atoms with Crippen molar-refractivity contribution < 1.29 is 31.0 Å². The highest BCUT2D eigenvalue weighted by Gasteiger charge is 2.47. The van der Waals surface area contributed by atoms with Crippen molar-refractivity contribution in [3.05, 3.63) is 0 Å². The molecule has 0 aromatic carbocycles. The Kier molecular flexibility index (Phi) is 5.21. The van der Waals surface area contributed by atoms with Crippen LogP contribution in [0.5, 0.6) is 0 Å². The number of rotatable bonds is 6. The molecule has 0 radical (unpaired) electrons. The number of hydrogen-bond donors (Lipinski definition) is 3. The topological polar surface area (TPSA) is 135 Å². The van der Waals surface area contributed by atoms with Gasteiger partial charge in [-0.25, -0.2) is 4.21 Å². The first-order valence-corrected chi connectivity index (χ1v) is 8.53. The van der Waals surface area contributed by atoms with Crippen molar-refractivity contribution >= 4 is 27.5 Å². The van der Waals surface area contributed by atoms with E-state index in [9.17, 15) is 17.4 Å². The number of likely N-dealkylation sites (tertiary alicyclic amines) is 1. The third kappa shape index (κ3) is 4.58. The van der Waals surface area contributed by atoms with Crippen molar-refractivity contribution in [3.63, 3.8) is 0 Å². The second kappa shape index (κ2) is 5.94. The quantitative estimate of drug-likeness (QED) is 0.229. The summed E-state index contributed by atoms with van der Waals surface area (Å²) < 4.78 is 50.8. The third-order valence-corrected chi connectivity index (χ3v) is 5.17. The smallest absolute Gasteiger partial charge is 0.265 e. The molecule has 0 aliphatic carbocycles. The first-order valence-electron chi connectivity index (χ1n) is 5.65. The van der Waals surface area contributed by atoms with Crippen LogP contribution in [0.15, 0.2) is 0 Å². The minimum absolute atomic E-state index is 0.0976. The lowest BCUT2D eigenvalue weighted by molar-refractivity contribution is -0.914. The van der Waals surface area contributed by atoms with Gasteiger partial charge in [-0.2, -0.15) is 8.42 Å². The number of carbonyl (C=O) groups is 1. The van der Waals surface area contributed by atoms with E-state index in [-0.39, 0.29) is 22.7 Å². The van der Waals surface area contributed by atoms with Gasteiger partial charge in [-0.15, -0.1) is 0 Å². The van der Waals surface area contributed by atoms with E-state index in [0.29, 0.717) is 12.8 Å². The zero-order valence-corrected chi connectivity index (χ0v) is 12.1. The van der Waals surface area contributed by atoms with Gasteiger partial charge in [0.1, 0.15) is 0 Å². The van der Waals surface area contributed by atoms with Crippen LogP contribution >= 0.6 is 0 Å². The van der Waals surface area contributed by atoms with E-state index < -0.39 is 39.0 Å². The lowest BCUT2D eigenvalue weighted by Gasteiger charge is -2.32. The first-order chi connectivity index (χ1) is 8.57. The normalized spacial score (nSPS) is 34.9. The highest BCUT2D eigenvalue weighted by Crippen LogP contribution is 2.31. The van der Waals surface area contributed by atoms with E-state index in [1.165, 1.54) is 0 Å². The van der Waals surface area contributed by atoms with Crippen molar-refractivity contribution in [2.24, 2.45) is 17.6 Å². The Bertz CT molecular complexity index is 467. The van der Waals surface area contributed by atoms with Crippen LogP contribution in [0.2, 0.25) is 0 Å². The molecule has 0 aromatic rings. The van der Waals surface area contributed by atoms with Crippen LogP contribution in [0, 0.1) is 11.8 Å². The van der Waals surface area contributed by atoms with Crippen LogP contribution in [-0.4, -0.2) is 70.3 Å². The molecule has 0 bridgehead atoms. The van der Waals surface area contributed by atoms with E-state index in [1.807, 2.05) is 0 Å². The molecule has 10 heteroatoms. The van der Waals surface area contributed by atoms with Crippen molar-refractivity contribution in [1.29, 1.82) is 0 Å². The Morgan fingerprint density at radius 2 is 2.00 bits per heavy atom. The van der Waals surface area contributed by atoms with Gasteiger partial charge in [-0.1, -0.05) is 0 Å². The van der Waals surface area contributed by atoms with Gasteiger partial charge in [-0.05, 0) is 0 Å². The fraction of sp³-hybridized carbons (Fsp3) is 0.889. The molecule has 19 heavy (non-hydrogen) atoms. The van der Waals surface area contributed by atoms with Gasteiger partial charge in [0.05, 0.1) is 31.6 Å². The Hall–Kier alpha value is -0.390. The van der Waals surface area contributed by atoms with Gasteiger partial charge in [-0.3, -0.25) is 15.1 Å². The van der Waals surface area contributed by atoms with Crippen LogP contribution < -0.4 is 5.73 Å².